The first kappa shape index (κ1) is 42.0. The standard InChI is InChI=1S/C17H34N4O3.C15H30N4O3.2H2/c1-15(2)13-18-6-9-22-11-12-23-10-7-21-17(14-19-20-21)5-8-24-16(3)4;1-4-5-16-6-8-20-10-11-21-9-7-19-12-15(17-18-19)13-22-14(2)3;;/h14-16,18H,5-13H2,1-4H3;12,14,16H,4-11,13H2,1-3H3;2*1H. The molecule has 0 spiro atoms. The molecule has 0 unspecified atom stereocenters. The number of aromatic nitrogens is 6. The lowest BCUT2D eigenvalue weighted by atomic mass is 10.2. The van der Waals surface area contributed by atoms with E-state index in [4.69, 9.17) is 28.4 Å². The van der Waals surface area contributed by atoms with Gasteiger partial charge < -0.3 is 39.1 Å². The van der Waals surface area contributed by atoms with Gasteiger partial charge in [-0.3, -0.25) is 0 Å². The van der Waals surface area contributed by atoms with Crippen molar-refractivity contribution in [3.63, 3.8) is 0 Å². The van der Waals surface area contributed by atoms with Crippen molar-refractivity contribution in [2.45, 2.75) is 93.2 Å². The van der Waals surface area contributed by atoms with Crippen molar-refractivity contribution in [1.82, 2.24) is 40.6 Å². The summed E-state index contributed by atoms with van der Waals surface area (Å²) < 4.78 is 36.7. The molecule has 0 amide bonds. The van der Waals surface area contributed by atoms with Crippen LogP contribution in [0.25, 0.3) is 0 Å². The van der Waals surface area contributed by atoms with Gasteiger partial charge in [0.1, 0.15) is 5.69 Å². The Hall–Kier alpha value is -2.04. The van der Waals surface area contributed by atoms with Crippen LogP contribution in [0.1, 0.15) is 69.1 Å². The van der Waals surface area contributed by atoms with Crippen LogP contribution in [-0.2, 0) is 54.5 Å². The molecule has 272 valence electrons. The maximum Gasteiger partial charge on any atom is 0.108 e. The van der Waals surface area contributed by atoms with Gasteiger partial charge in [-0.25, -0.2) is 9.36 Å². The smallest absolute Gasteiger partial charge is 0.108 e. The zero-order valence-electron chi connectivity index (χ0n) is 29.7. The van der Waals surface area contributed by atoms with Crippen LogP contribution in [0.3, 0.4) is 0 Å². The number of rotatable bonds is 29. The Kier molecular flexibility index (Phi) is 26.6. The summed E-state index contributed by atoms with van der Waals surface area (Å²) in [6.07, 6.45) is 6.09. The lowest BCUT2D eigenvalue weighted by Crippen LogP contribution is -2.24. The normalized spacial score (nSPS) is 11.6. The van der Waals surface area contributed by atoms with Crippen LogP contribution in [0.15, 0.2) is 12.4 Å². The predicted molar refractivity (Wildman–Crippen MR) is 183 cm³/mol. The molecule has 0 bridgehead atoms. The largest absolute Gasteiger partial charge is 0.378 e. The summed E-state index contributed by atoms with van der Waals surface area (Å²) in [6.45, 7) is 26.1. The Bertz CT molecular complexity index is 940. The minimum Gasteiger partial charge on any atom is -0.378 e. The Balaban J connectivity index is 0. The molecule has 0 aliphatic rings. The molecule has 2 heterocycles. The summed E-state index contributed by atoms with van der Waals surface area (Å²) in [6, 6.07) is 0. The third-order valence-electron chi connectivity index (χ3n) is 6.14. The highest BCUT2D eigenvalue weighted by molar-refractivity contribution is 4.94. The molecule has 0 aromatic carbocycles. The van der Waals surface area contributed by atoms with Gasteiger partial charge in [0.25, 0.3) is 0 Å². The molecule has 2 N–H and O–H groups in total. The monoisotopic (exact) mass is 661 g/mol. The fourth-order valence-corrected chi connectivity index (χ4v) is 3.76. The van der Waals surface area contributed by atoms with E-state index in [0.29, 0.717) is 71.9 Å². The van der Waals surface area contributed by atoms with Crippen molar-refractivity contribution in [3.05, 3.63) is 23.8 Å². The van der Waals surface area contributed by atoms with Crippen LogP contribution in [0.5, 0.6) is 0 Å². The van der Waals surface area contributed by atoms with Crippen LogP contribution in [0.4, 0.5) is 0 Å². The van der Waals surface area contributed by atoms with E-state index in [0.717, 1.165) is 63.6 Å². The van der Waals surface area contributed by atoms with E-state index in [1.165, 1.54) is 0 Å². The van der Waals surface area contributed by atoms with Crippen molar-refractivity contribution < 1.29 is 31.3 Å². The summed E-state index contributed by atoms with van der Waals surface area (Å²) in [4.78, 5) is 0. The van der Waals surface area contributed by atoms with Gasteiger partial charge in [-0.05, 0) is 53.1 Å². The van der Waals surface area contributed by atoms with Gasteiger partial charge in [0, 0.05) is 22.4 Å². The predicted octanol–water partition coefficient (Wildman–Crippen LogP) is 3.25. The van der Waals surface area contributed by atoms with Crippen LogP contribution in [0, 0.1) is 5.92 Å². The molecule has 46 heavy (non-hydrogen) atoms. The first-order chi connectivity index (χ1) is 22.3. The van der Waals surface area contributed by atoms with Crippen LogP contribution in [0.2, 0.25) is 0 Å². The summed E-state index contributed by atoms with van der Waals surface area (Å²) in [5.74, 6) is 0.673. The van der Waals surface area contributed by atoms with Crippen LogP contribution >= 0.6 is 0 Å². The lowest BCUT2D eigenvalue weighted by Gasteiger charge is -2.10. The molecule has 14 heteroatoms. The average molecular weight is 661 g/mol. The van der Waals surface area contributed by atoms with E-state index in [1.54, 1.807) is 10.9 Å². The fraction of sp³-hybridized carbons (Fsp3) is 0.875. The molecule has 0 atom stereocenters. The van der Waals surface area contributed by atoms with Crippen molar-refractivity contribution >= 4 is 0 Å². The van der Waals surface area contributed by atoms with Gasteiger partial charge >= 0.3 is 0 Å². The van der Waals surface area contributed by atoms with Gasteiger partial charge in [0.2, 0.25) is 0 Å². The molecule has 14 nitrogen and oxygen atoms in total. The Morgan fingerprint density at radius 3 is 1.98 bits per heavy atom. The second-order valence-corrected chi connectivity index (χ2v) is 11.7. The fourth-order valence-electron chi connectivity index (χ4n) is 3.76. The first-order valence-corrected chi connectivity index (χ1v) is 17.0. The number of nitrogens with one attached hydrogen (secondary N) is 2. The molecule has 2 aromatic heterocycles. The second kappa shape index (κ2) is 29.1. The SMILES string of the molecule is CC(C)CNCCOCCOCCn1nncc1CCOC(C)C.CCCNCCOCCOCCn1cc(COC(C)C)nn1.[HH].[HH]. The van der Waals surface area contributed by atoms with Gasteiger partial charge in [0.05, 0.1) is 109 Å². The average Bonchev–Trinajstić information content (AvgIpc) is 3.67. The molecular formula is C32H68N8O6. The highest BCUT2D eigenvalue weighted by atomic mass is 16.5. The van der Waals surface area contributed by atoms with Crippen molar-refractivity contribution in [3.8, 4) is 0 Å². The maximum atomic E-state index is 5.58. The zero-order valence-corrected chi connectivity index (χ0v) is 29.7. The Labute approximate surface area is 280 Å². The van der Waals surface area contributed by atoms with Crippen LogP contribution in [-0.4, -0.2) is 128 Å². The first-order valence-electron chi connectivity index (χ1n) is 17.0. The molecule has 0 fully saturated rings. The molecule has 0 aliphatic heterocycles. The molecule has 0 saturated heterocycles. The second-order valence-electron chi connectivity index (χ2n) is 11.7. The molecule has 0 aliphatic carbocycles. The van der Waals surface area contributed by atoms with Gasteiger partial charge in [0.15, 0.2) is 0 Å². The molecule has 0 saturated carbocycles. The summed E-state index contributed by atoms with van der Waals surface area (Å²) in [7, 11) is 0. The zero-order chi connectivity index (χ0) is 33.7. The van der Waals surface area contributed by atoms with Crippen molar-refractivity contribution in [1.29, 1.82) is 0 Å². The number of ether oxygens (including phenoxy) is 6. The van der Waals surface area contributed by atoms with Gasteiger partial charge in [-0.1, -0.05) is 31.2 Å². The molecule has 2 rings (SSSR count). The highest BCUT2D eigenvalue weighted by Gasteiger charge is 2.05. The van der Waals surface area contributed by atoms with Gasteiger partial charge in [-0.15, -0.1) is 10.2 Å². The number of hydrogen-bond acceptors (Lipinski definition) is 12. The number of nitrogens with zero attached hydrogens (tertiary/aromatic N) is 6. The summed E-state index contributed by atoms with van der Waals surface area (Å²) >= 11 is 0. The Morgan fingerprint density at radius 1 is 0.717 bits per heavy atom. The van der Waals surface area contributed by atoms with E-state index in [-0.39, 0.29) is 15.1 Å². The highest BCUT2D eigenvalue weighted by Crippen LogP contribution is 2.01. The summed E-state index contributed by atoms with van der Waals surface area (Å²) in [5.41, 5.74) is 1.92. The molecule has 2 aromatic rings. The van der Waals surface area contributed by atoms with E-state index >= 15 is 0 Å². The third-order valence-corrected chi connectivity index (χ3v) is 6.14. The maximum absolute atomic E-state index is 5.58. The van der Waals surface area contributed by atoms with E-state index in [2.05, 4.69) is 52.0 Å². The third kappa shape index (κ3) is 25.1. The van der Waals surface area contributed by atoms with Crippen LogP contribution < -0.4 is 10.6 Å². The topological polar surface area (TPSA) is 141 Å². The lowest BCUT2D eigenvalue weighted by molar-refractivity contribution is 0.0442. The van der Waals surface area contributed by atoms with E-state index < -0.39 is 0 Å². The quantitative estimate of drug-likeness (QED) is 0.124. The molecular weight excluding hydrogens is 592 g/mol. The van der Waals surface area contributed by atoms with E-state index in [1.807, 2.05) is 38.6 Å². The number of hydrogen-bond donors (Lipinski definition) is 2. The minimum atomic E-state index is 0. The van der Waals surface area contributed by atoms with Gasteiger partial charge in [-0.2, -0.15) is 0 Å². The van der Waals surface area contributed by atoms with E-state index in [9.17, 15) is 0 Å². The Morgan fingerprint density at radius 2 is 1.35 bits per heavy atom. The minimum absolute atomic E-state index is 0. The van der Waals surface area contributed by atoms with Crippen molar-refractivity contribution in [2.75, 3.05) is 85.6 Å². The summed E-state index contributed by atoms with van der Waals surface area (Å²) in [5, 5.41) is 22.8. The molecule has 0 radical (unpaired) electrons. The van der Waals surface area contributed by atoms with Crippen molar-refractivity contribution in [2.24, 2.45) is 5.92 Å².